The molecule has 0 radical (unpaired) electrons. The number of hydrogen-bond acceptors (Lipinski definition) is 4. The van der Waals surface area contributed by atoms with E-state index in [0.717, 1.165) is 5.56 Å². The number of rotatable bonds is 5. The van der Waals surface area contributed by atoms with E-state index in [4.69, 9.17) is 9.52 Å². The quantitative estimate of drug-likeness (QED) is 0.843. The summed E-state index contributed by atoms with van der Waals surface area (Å²) in [6.45, 7) is 3.18. The third-order valence-electron chi connectivity index (χ3n) is 2.63. The molecule has 2 rings (SSSR count). The summed E-state index contributed by atoms with van der Waals surface area (Å²) in [6.07, 6.45) is 3.57. The van der Waals surface area contributed by atoms with Gasteiger partial charge in [0.1, 0.15) is 5.76 Å². The van der Waals surface area contributed by atoms with Gasteiger partial charge in [0.05, 0.1) is 6.54 Å². The third-order valence-corrected chi connectivity index (χ3v) is 2.63. The van der Waals surface area contributed by atoms with E-state index in [0.29, 0.717) is 18.8 Å². The highest BCUT2D eigenvalue weighted by Crippen LogP contribution is 2.08. The number of pyridine rings is 1. The Morgan fingerprint density at radius 2 is 2.22 bits per heavy atom. The average Bonchev–Trinajstić information content (AvgIpc) is 2.80. The molecule has 0 fully saturated rings. The Kier molecular flexibility index (Phi) is 3.74. The van der Waals surface area contributed by atoms with E-state index in [1.807, 2.05) is 19.2 Å². The summed E-state index contributed by atoms with van der Waals surface area (Å²) in [5.41, 5.74) is 2.28. The predicted molar refractivity (Wildman–Crippen MR) is 65.2 cm³/mol. The minimum absolute atomic E-state index is 0.0376. The first-order chi connectivity index (χ1) is 8.66. The van der Waals surface area contributed by atoms with Crippen LogP contribution in [0.15, 0.2) is 35.0 Å². The molecule has 0 amide bonds. The summed E-state index contributed by atoms with van der Waals surface area (Å²) in [4.78, 5) is 14.7. The molecule has 2 aromatic rings. The minimum atomic E-state index is -1.05. The van der Waals surface area contributed by atoms with Crippen molar-refractivity contribution in [2.45, 2.75) is 20.0 Å². The smallest absolute Gasteiger partial charge is 0.371 e. The highest BCUT2D eigenvalue weighted by molar-refractivity contribution is 5.84. The number of carboxylic acids is 1. The molecule has 0 aliphatic heterocycles. The van der Waals surface area contributed by atoms with Crippen LogP contribution in [-0.2, 0) is 13.1 Å². The highest BCUT2D eigenvalue weighted by atomic mass is 16.4. The van der Waals surface area contributed by atoms with Crippen molar-refractivity contribution in [1.82, 2.24) is 10.3 Å². The fourth-order valence-corrected chi connectivity index (χ4v) is 1.59. The maximum absolute atomic E-state index is 10.6. The van der Waals surface area contributed by atoms with Gasteiger partial charge < -0.3 is 14.8 Å². The van der Waals surface area contributed by atoms with E-state index in [2.05, 4.69) is 10.3 Å². The average molecular weight is 246 g/mol. The van der Waals surface area contributed by atoms with Crippen LogP contribution in [0.1, 0.15) is 27.4 Å². The summed E-state index contributed by atoms with van der Waals surface area (Å²) in [6, 6.07) is 5.06. The molecule has 2 aromatic heterocycles. The summed E-state index contributed by atoms with van der Waals surface area (Å²) in [5, 5.41) is 11.9. The van der Waals surface area contributed by atoms with Crippen molar-refractivity contribution in [3.05, 3.63) is 53.2 Å². The van der Waals surface area contributed by atoms with Crippen molar-refractivity contribution in [2.24, 2.45) is 0 Å². The zero-order chi connectivity index (χ0) is 13.0. The van der Waals surface area contributed by atoms with Crippen LogP contribution in [0, 0.1) is 6.92 Å². The number of hydrogen-bond donors (Lipinski definition) is 2. The number of aromatic carboxylic acids is 1. The lowest BCUT2D eigenvalue weighted by atomic mass is 10.1. The Hall–Kier alpha value is -2.14. The monoisotopic (exact) mass is 246 g/mol. The SMILES string of the molecule is Cc1ccncc1CNCc1ccc(C(=O)O)o1. The van der Waals surface area contributed by atoms with Crippen molar-refractivity contribution in [3.8, 4) is 0 Å². The van der Waals surface area contributed by atoms with Gasteiger partial charge in [0.15, 0.2) is 0 Å². The van der Waals surface area contributed by atoms with Gasteiger partial charge in [0.25, 0.3) is 0 Å². The molecule has 2 heterocycles. The van der Waals surface area contributed by atoms with Crippen LogP contribution in [0.5, 0.6) is 0 Å². The lowest BCUT2D eigenvalue weighted by Gasteiger charge is -2.05. The number of carboxylic acid groups (broad SMARTS) is 1. The number of carbonyl (C=O) groups is 1. The molecule has 0 unspecified atom stereocenters. The molecular weight excluding hydrogens is 232 g/mol. The molecule has 0 aliphatic rings. The second-order valence-electron chi connectivity index (χ2n) is 3.98. The molecule has 5 nitrogen and oxygen atoms in total. The molecular formula is C13H14N2O3. The Morgan fingerprint density at radius 1 is 1.39 bits per heavy atom. The van der Waals surface area contributed by atoms with Gasteiger partial charge in [-0.2, -0.15) is 0 Å². The highest BCUT2D eigenvalue weighted by Gasteiger charge is 2.08. The molecule has 5 heteroatoms. The van der Waals surface area contributed by atoms with Gasteiger partial charge >= 0.3 is 5.97 Å². The van der Waals surface area contributed by atoms with Crippen molar-refractivity contribution >= 4 is 5.97 Å². The number of nitrogens with zero attached hydrogens (tertiary/aromatic N) is 1. The fraction of sp³-hybridized carbons (Fsp3) is 0.231. The maximum atomic E-state index is 10.6. The molecule has 18 heavy (non-hydrogen) atoms. The topological polar surface area (TPSA) is 75.4 Å². The number of nitrogens with one attached hydrogen (secondary N) is 1. The normalized spacial score (nSPS) is 10.5. The molecule has 0 spiro atoms. The molecule has 94 valence electrons. The van der Waals surface area contributed by atoms with E-state index < -0.39 is 5.97 Å². The van der Waals surface area contributed by atoms with E-state index >= 15 is 0 Å². The third kappa shape index (κ3) is 2.95. The van der Waals surface area contributed by atoms with Gasteiger partial charge in [-0.1, -0.05) is 0 Å². The van der Waals surface area contributed by atoms with Gasteiger partial charge in [-0.25, -0.2) is 4.79 Å². The van der Waals surface area contributed by atoms with Gasteiger partial charge in [-0.3, -0.25) is 4.98 Å². The van der Waals surface area contributed by atoms with Gasteiger partial charge in [0.2, 0.25) is 5.76 Å². The summed E-state index contributed by atoms with van der Waals surface area (Å²) < 4.78 is 5.14. The van der Waals surface area contributed by atoms with Crippen LogP contribution < -0.4 is 5.32 Å². The zero-order valence-electron chi connectivity index (χ0n) is 10.0. The summed E-state index contributed by atoms with van der Waals surface area (Å²) in [5.74, 6) is -0.484. The lowest BCUT2D eigenvalue weighted by molar-refractivity contribution is 0.0660. The van der Waals surface area contributed by atoms with Crippen LogP contribution >= 0.6 is 0 Å². The largest absolute Gasteiger partial charge is 0.475 e. The van der Waals surface area contributed by atoms with E-state index in [1.54, 1.807) is 12.3 Å². The summed E-state index contributed by atoms with van der Waals surface area (Å²) >= 11 is 0. The zero-order valence-corrected chi connectivity index (χ0v) is 10.0. The van der Waals surface area contributed by atoms with Gasteiger partial charge in [-0.05, 0) is 36.2 Å². The predicted octanol–water partition coefficient (Wildman–Crippen LogP) is 1.97. The molecule has 0 aliphatic carbocycles. The molecule has 0 atom stereocenters. The molecule has 0 aromatic carbocycles. The first-order valence-electron chi connectivity index (χ1n) is 5.59. The van der Waals surface area contributed by atoms with Crippen LogP contribution in [0.3, 0.4) is 0 Å². The Balaban J connectivity index is 1.88. The van der Waals surface area contributed by atoms with Crippen molar-refractivity contribution in [2.75, 3.05) is 0 Å². The molecule has 0 saturated carbocycles. The van der Waals surface area contributed by atoms with Gasteiger partial charge in [-0.15, -0.1) is 0 Å². The number of aromatic nitrogens is 1. The van der Waals surface area contributed by atoms with Crippen molar-refractivity contribution in [1.29, 1.82) is 0 Å². The first-order valence-corrected chi connectivity index (χ1v) is 5.59. The van der Waals surface area contributed by atoms with Crippen LogP contribution in [-0.4, -0.2) is 16.1 Å². The second kappa shape index (κ2) is 5.46. The Labute approximate surface area is 104 Å². The second-order valence-corrected chi connectivity index (χ2v) is 3.98. The van der Waals surface area contributed by atoms with Crippen LogP contribution in [0.4, 0.5) is 0 Å². The van der Waals surface area contributed by atoms with E-state index in [-0.39, 0.29) is 5.76 Å². The summed E-state index contributed by atoms with van der Waals surface area (Å²) in [7, 11) is 0. The maximum Gasteiger partial charge on any atom is 0.371 e. The van der Waals surface area contributed by atoms with Crippen molar-refractivity contribution in [3.63, 3.8) is 0 Å². The van der Waals surface area contributed by atoms with Gasteiger partial charge in [0, 0.05) is 18.9 Å². The van der Waals surface area contributed by atoms with Crippen LogP contribution in [0.2, 0.25) is 0 Å². The molecule has 0 saturated heterocycles. The Bertz CT molecular complexity index is 549. The minimum Gasteiger partial charge on any atom is -0.475 e. The van der Waals surface area contributed by atoms with Crippen molar-refractivity contribution < 1.29 is 14.3 Å². The standard InChI is InChI=1S/C13H14N2O3/c1-9-4-5-14-6-10(9)7-15-8-11-2-3-12(18-11)13(16)17/h2-6,15H,7-8H2,1H3,(H,16,17). The Morgan fingerprint density at radius 3 is 2.89 bits per heavy atom. The lowest BCUT2D eigenvalue weighted by Crippen LogP contribution is -2.13. The molecule has 0 bridgehead atoms. The van der Waals surface area contributed by atoms with E-state index in [9.17, 15) is 4.79 Å². The number of furan rings is 1. The molecule has 2 N–H and O–H groups in total. The number of aryl methyl sites for hydroxylation is 1. The first kappa shape index (κ1) is 12.3. The van der Waals surface area contributed by atoms with E-state index in [1.165, 1.54) is 11.6 Å². The fourth-order valence-electron chi connectivity index (χ4n) is 1.59. The van der Waals surface area contributed by atoms with Crippen LogP contribution in [0.25, 0.3) is 0 Å².